The Labute approximate surface area is 129 Å². The van der Waals surface area contributed by atoms with E-state index in [1.807, 2.05) is 39.5 Å². The smallest absolute Gasteiger partial charge is 0.407 e. The highest BCUT2D eigenvalue weighted by Crippen LogP contribution is 2.07. The van der Waals surface area contributed by atoms with Gasteiger partial charge < -0.3 is 15.0 Å². The number of nitrogens with zero attached hydrogens (tertiary/aromatic N) is 1. The van der Waals surface area contributed by atoms with Crippen LogP contribution in [0.15, 0.2) is 0 Å². The fourth-order valence-corrected chi connectivity index (χ4v) is 1.99. The third-order valence-electron chi connectivity index (χ3n) is 3.10. The molecule has 0 aromatic heterocycles. The van der Waals surface area contributed by atoms with Crippen molar-refractivity contribution < 1.29 is 14.3 Å². The highest BCUT2D eigenvalue weighted by molar-refractivity contribution is 5.76. The third-order valence-corrected chi connectivity index (χ3v) is 3.10. The SMILES string of the molecule is CCN(CC)C(=O)CCCCCCNC(=O)OC(C)(C)C. The van der Waals surface area contributed by atoms with Crippen LogP contribution in [0.2, 0.25) is 0 Å². The van der Waals surface area contributed by atoms with Crippen LogP contribution in [0, 0.1) is 0 Å². The Hall–Kier alpha value is -1.26. The van der Waals surface area contributed by atoms with Crippen molar-refractivity contribution in [1.82, 2.24) is 10.2 Å². The van der Waals surface area contributed by atoms with Gasteiger partial charge in [-0.2, -0.15) is 0 Å². The average molecular weight is 300 g/mol. The van der Waals surface area contributed by atoms with Crippen LogP contribution in [-0.4, -0.2) is 42.1 Å². The maximum atomic E-state index is 11.8. The van der Waals surface area contributed by atoms with Crippen LogP contribution < -0.4 is 5.32 Å². The first kappa shape index (κ1) is 19.7. The fraction of sp³-hybridized carbons (Fsp3) is 0.875. The number of hydrogen-bond acceptors (Lipinski definition) is 3. The Morgan fingerprint density at radius 1 is 1.00 bits per heavy atom. The summed E-state index contributed by atoms with van der Waals surface area (Å²) in [6, 6.07) is 0. The summed E-state index contributed by atoms with van der Waals surface area (Å²) in [6.07, 6.45) is 4.13. The van der Waals surface area contributed by atoms with E-state index in [4.69, 9.17) is 4.74 Å². The summed E-state index contributed by atoms with van der Waals surface area (Å²) in [5, 5.41) is 2.74. The zero-order valence-electron chi connectivity index (χ0n) is 14.3. The van der Waals surface area contributed by atoms with E-state index in [1.54, 1.807) is 0 Å². The van der Waals surface area contributed by atoms with Gasteiger partial charge in [0.2, 0.25) is 5.91 Å². The number of carbonyl (C=O) groups excluding carboxylic acids is 2. The summed E-state index contributed by atoms with van der Waals surface area (Å²) in [5.74, 6) is 0.242. The molecule has 0 aliphatic heterocycles. The van der Waals surface area contributed by atoms with Crippen LogP contribution in [0.1, 0.15) is 66.7 Å². The van der Waals surface area contributed by atoms with Crippen molar-refractivity contribution in [3.63, 3.8) is 0 Å². The van der Waals surface area contributed by atoms with Gasteiger partial charge in [-0.15, -0.1) is 0 Å². The predicted octanol–water partition coefficient (Wildman–Crippen LogP) is 3.33. The number of carbonyl (C=O) groups is 2. The number of ether oxygens (including phenoxy) is 1. The van der Waals surface area contributed by atoms with Crippen LogP contribution >= 0.6 is 0 Å². The van der Waals surface area contributed by atoms with Crippen molar-refractivity contribution in [3.8, 4) is 0 Å². The fourth-order valence-electron chi connectivity index (χ4n) is 1.99. The van der Waals surface area contributed by atoms with Crippen molar-refractivity contribution >= 4 is 12.0 Å². The molecule has 0 rings (SSSR count). The molecule has 0 fully saturated rings. The molecule has 0 spiro atoms. The zero-order valence-corrected chi connectivity index (χ0v) is 14.3. The van der Waals surface area contributed by atoms with Gasteiger partial charge in [0.1, 0.15) is 5.60 Å². The summed E-state index contributed by atoms with van der Waals surface area (Å²) in [5.41, 5.74) is -0.450. The lowest BCUT2D eigenvalue weighted by atomic mass is 10.1. The van der Waals surface area contributed by atoms with Crippen molar-refractivity contribution in [2.75, 3.05) is 19.6 Å². The van der Waals surface area contributed by atoms with E-state index in [9.17, 15) is 9.59 Å². The predicted molar refractivity (Wildman–Crippen MR) is 85.2 cm³/mol. The first-order valence-electron chi connectivity index (χ1n) is 8.04. The number of unbranched alkanes of at least 4 members (excludes halogenated alkanes) is 3. The zero-order chi connectivity index (χ0) is 16.3. The third kappa shape index (κ3) is 11.1. The topological polar surface area (TPSA) is 58.6 Å². The Balaban J connectivity index is 3.53. The monoisotopic (exact) mass is 300 g/mol. The molecule has 2 amide bonds. The molecular weight excluding hydrogens is 268 g/mol. The van der Waals surface area contributed by atoms with E-state index >= 15 is 0 Å². The molecule has 0 aliphatic carbocycles. The minimum Gasteiger partial charge on any atom is -0.444 e. The van der Waals surface area contributed by atoms with Crippen LogP contribution in [0.25, 0.3) is 0 Å². The molecular formula is C16H32N2O3. The van der Waals surface area contributed by atoms with Gasteiger partial charge in [-0.1, -0.05) is 12.8 Å². The van der Waals surface area contributed by atoms with Gasteiger partial charge in [0.25, 0.3) is 0 Å². The van der Waals surface area contributed by atoms with Crippen molar-refractivity contribution in [1.29, 1.82) is 0 Å². The summed E-state index contributed by atoms with van der Waals surface area (Å²) in [4.78, 5) is 25.0. The van der Waals surface area contributed by atoms with Gasteiger partial charge >= 0.3 is 6.09 Å². The van der Waals surface area contributed by atoms with Crippen LogP contribution in [0.3, 0.4) is 0 Å². The average Bonchev–Trinajstić information content (AvgIpc) is 2.37. The molecule has 5 heteroatoms. The number of amides is 2. The Kier molecular flexibility index (Phi) is 9.84. The molecule has 0 saturated heterocycles. The standard InChI is InChI=1S/C16H32N2O3/c1-6-18(7-2)14(19)12-10-8-9-11-13-17-15(20)21-16(3,4)5/h6-13H2,1-5H3,(H,17,20). The van der Waals surface area contributed by atoms with Crippen LogP contribution in [0.5, 0.6) is 0 Å². The summed E-state index contributed by atoms with van der Waals surface area (Å²) >= 11 is 0. The molecule has 21 heavy (non-hydrogen) atoms. The van der Waals surface area contributed by atoms with E-state index in [0.29, 0.717) is 13.0 Å². The van der Waals surface area contributed by atoms with E-state index in [-0.39, 0.29) is 12.0 Å². The Bertz CT molecular complexity index is 307. The quantitative estimate of drug-likeness (QED) is 0.664. The van der Waals surface area contributed by atoms with E-state index in [0.717, 1.165) is 38.8 Å². The minimum atomic E-state index is -0.450. The van der Waals surface area contributed by atoms with Gasteiger partial charge in [0.15, 0.2) is 0 Å². The second-order valence-corrected chi connectivity index (χ2v) is 6.16. The van der Waals surface area contributed by atoms with Crippen LogP contribution in [-0.2, 0) is 9.53 Å². The van der Waals surface area contributed by atoms with E-state index in [1.165, 1.54) is 0 Å². The van der Waals surface area contributed by atoms with Crippen LogP contribution in [0.4, 0.5) is 4.79 Å². The molecule has 0 radical (unpaired) electrons. The second kappa shape index (κ2) is 10.5. The second-order valence-electron chi connectivity index (χ2n) is 6.16. The molecule has 0 heterocycles. The van der Waals surface area contributed by atoms with Gasteiger partial charge in [-0.3, -0.25) is 4.79 Å². The molecule has 0 unspecified atom stereocenters. The number of hydrogen-bond donors (Lipinski definition) is 1. The largest absolute Gasteiger partial charge is 0.444 e. The van der Waals surface area contributed by atoms with Gasteiger partial charge in [-0.05, 0) is 47.5 Å². The molecule has 1 N–H and O–H groups in total. The minimum absolute atomic E-state index is 0.242. The Morgan fingerprint density at radius 2 is 1.57 bits per heavy atom. The lowest BCUT2D eigenvalue weighted by Gasteiger charge is -2.19. The maximum Gasteiger partial charge on any atom is 0.407 e. The molecule has 0 aromatic carbocycles. The van der Waals surface area contributed by atoms with Crippen molar-refractivity contribution in [3.05, 3.63) is 0 Å². The summed E-state index contributed by atoms with van der Waals surface area (Å²) < 4.78 is 5.15. The van der Waals surface area contributed by atoms with Gasteiger partial charge in [-0.25, -0.2) is 4.79 Å². The normalized spacial score (nSPS) is 11.1. The lowest BCUT2D eigenvalue weighted by Crippen LogP contribution is -2.33. The number of rotatable bonds is 9. The summed E-state index contributed by atoms with van der Waals surface area (Å²) in [7, 11) is 0. The van der Waals surface area contributed by atoms with Crippen molar-refractivity contribution in [2.45, 2.75) is 72.3 Å². The van der Waals surface area contributed by atoms with Gasteiger partial charge in [0, 0.05) is 26.1 Å². The summed E-state index contributed by atoms with van der Waals surface area (Å²) in [6.45, 7) is 11.7. The number of nitrogens with one attached hydrogen (secondary N) is 1. The molecule has 0 saturated carbocycles. The van der Waals surface area contributed by atoms with Gasteiger partial charge in [0.05, 0.1) is 0 Å². The van der Waals surface area contributed by atoms with E-state index in [2.05, 4.69) is 5.32 Å². The highest BCUT2D eigenvalue weighted by Gasteiger charge is 2.15. The Morgan fingerprint density at radius 3 is 2.10 bits per heavy atom. The first-order chi connectivity index (χ1) is 9.80. The first-order valence-corrected chi connectivity index (χ1v) is 8.04. The highest BCUT2D eigenvalue weighted by atomic mass is 16.6. The molecule has 0 aromatic rings. The number of alkyl carbamates (subject to hydrolysis) is 1. The molecule has 124 valence electrons. The molecule has 0 atom stereocenters. The van der Waals surface area contributed by atoms with Crippen molar-refractivity contribution in [2.24, 2.45) is 0 Å². The maximum absolute atomic E-state index is 11.8. The lowest BCUT2D eigenvalue weighted by molar-refractivity contribution is -0.130. The molecule has 5 nitrogen and oxygen atoms in total. The molecule has 0 aliphatic rings. The molecule has 0 bridgehead atoms. The van der Waals surface area contributed by atoms with E-state index < -0.39 is 5.60 Å².